The molecule has 1 heterocycles. The predicted molar refractivity (Wildman–Crippen MR) is 43.6 cm³/mol. The fourth-order valence-corrected chi connectivity index (χ4v) is 1.48. The Morgan fingerprint density at radius 1 is 1.58 bits per heavy atom. The molecule has 1 aromatic heterocycles. The molecular formula is C8H6ClN3. The number of hydrogen-bond donors (Lipinski definition) is 0. The molecule has 4 heteroatoms. The second-order valence-electron chi connectivity index (χ2n) is 2.91. The van der Waals surface area contributed by atoms with E-state index in [-0.39, 0.29) is 0 Å². The molecule has 1 aliphatic carbocycles. The number of rotatable bonds is 1. The van der Waals surface area contributed by atoms with E-state index in [1.165, 1.54) is 12.5 Å². The standard InChI is InChI=1S/C8H6ClN3/c9-6-3-11-5-12-7(6)8(4-10)1-2-8/h3,5H,1-2H2. The van der Waals surface area contributed by atoms with Gasteiger partial charge in [-0.2, -0.15) is 5.26 Å². The normalized spacial score (nSPS) is 18.3. The van der Waals surface area contributed by atoms with Crippen LogP contribution in [0.15, 0.2) is 12.5 Å². The van der Waals surface area contributed by atoms with Crippen LogP contribution in [0.5, 0.6) is 0 Å². The zero-order valence-corrected chi connectivity index (χ0v) is 7.04. The molecule has 2 rings (SSSR count). The lowest BCUT2D eigenvalue weighted by Gasteiger charge is -2.04. The van der Waals surface area contributed by atoms with Crippen molar-refractivity contribution >= 4 is 11.6 Å². The molecule has 12 heavy (non-hydrogen) atoms. The van der Waals surface area contributed by atoms with Crippen molar-refractivity contribution in [1.29, 1.82) is 5.26 Å². The van der Waals surface area contributed by atoms with Crippen molar-refractivity contribution < 1.29 is 0 Å². The van der Waals surface area contributed by atoms with Gasteiger partial charge in [-0.15, -0.1) is 0 Å². The molecule has 0 amide bonds. The molecule has 0 saturated heterocycles. The lowest BCUT2D eigenvalue weighted by atomic mass is 10.1. The van der Waals surface area contributed by atoms with E-state index in [0.717, 1.165) is 12.8 Å². The second kappa shape index (κ2) is 2.43. The van der Waals surface area contributed by atoms with Crippen molar-refractivity contribution in [2.24, 2.45) is 0 Å². The predicted octanol–water partition coefficient (Wildman–Crippen LogP) is 1.69. The van der Waals surface area contributed by atoms with Gasteiger partial charge >= 0.3 is 0 Å². The molecule has 0 spiro atoms. The van der Waals surface area contributed by atoms with E-state index < -0.39 is 5.41 Å². The van der Waals surface area contributed by atoms with Gasteiger partial charge in [0.25, 0.3) is 0 Å². The Kier molecular flexibility index (Phi) is 1.52. The quantitative estimate of drug-likeness (QED) is 0.659. The van der Waals surface area contributed by atoms with Gasteiger partial charge in [-0.3, -0.25) is 0 Å². The van der Waals surface area contributed by atoms with Crippen LogP contribution in [0.4, 0.5) is 0 Å². The minimum Gasteiger partial charge on any atom is -0.243 e. The van der Waals surface area contributed by atoms with E-state index in [1.54, 1.807) is 0 Å². The Bertz CT molecular complexity index is 352. The second-order valence-corrected chi connectivity index (χ2v) is 3.32. The lowest BCUT2D eigenvalue weighted by molar-refractivity contribution is 0.843. The maximum absolute atomic E-state index is 8.87. The fourth-order valence-electron chi connectivity index (χ4n) is 1.19. The van der Waals surface area contributed by atoms with Gasteiger partial charge in [-0.1, -0.05) is 11.6 Å². The van der Waals surface area contributed by atoms with E-state index in [2.05, 4.69) is 16.0 Å². The topological polar surface area (TPSA) is 49.6 Å². The number of nitriles is 1. The first-order valence-corrected chi connectivity index (χ1v) is 4.03. The summed E-state index contributed by atoms with van der Waals surface area (Å²) in [5.41, 5.74) is 0.279. The summed E-state index contributed by atoms with van der Waals surface area (Å²) in [6.45, 7) is 0. The molecule has 0 aliphatic heterocycles. The zero-order chi connectivity index (χ0) is 8.60. The van der Waals surface area contributed by atoms with Crippen LogP contribution in [0, 0.1) is 11.3 Å². The van der Waals surface area contributed by atoms with Crippen LogP contribution in [0.25, 0.3) is 0 Å². The molecule has 1 saturated carbocycles. The zero-order valence-electron chi connectivity index (χ0n) is 6.29. The van der Waals surface area contributed by atoms with Crippen LogP contribution in [0.1, 0.15) is 18.5 Å². The van der Waals surface area contributed by atoms with Crippen molar-refractivity contribution in [1.82, 2.24) is 9.97 Å². The van der Waals surface area contributed by atoms with E-state index in [1.807, 2.05) is 0 Å². The Morgan fingerprint density at radius 3 is 2.83 bits per heavy atom. The number of nitrogens with zero attached hydrogens (tertiary/aromatic N) is 3. The summed E-state index contributed by atoms with van der Waals surface area (Å²) in [5, 5.41) is 9.36. The van der Waals surface area contributed by atoms with E-state index in [9.17, 15) is 0 Å². The highest BCUT2D eigenvalue weighted by Crippen LogP contribution is 2.48. The molecule has 1 fully saturated rings. The van der Waals surface area contributed by atoms with Crippen LogP contribution in [-0.4, -0.2) is 9.97 Å². The highest BCUT2D eigenvalue weighted by atomic mass is 35.5. The van der Waals surface area contributed by atoms with Gasteiger partial charge in [0.1, 0.15) is 11.7 Å². The summed E-state index contributed by atoms with van der Waals surface area (Å²) in [7, 11) is 0. The first kappa shape index (κ1) is 7.51. The average Bonchev–Trinajstić information content (AvgIpc) is 2.86. The molecule has 3 nitrogen and oxygen atoms in total. The maximum Gasteiger partial charge on any atom is 0.115 e. The van der Waals surface area contributed by atoms with Crippen molar-refractivity contribution in [3.05, 3.63) is 23.2 Å². The minimum absolute atomic E-state index is 0.403. The van der Waals surface area contributed by atoms with Crippen LogP contribution >= 0.6 is 11.6 Å². The van der Waals surface area contributed by atoms with Gasteiger partial charge in [-0.05, 0) is 12.8 Å². The number of aromatic nitrogens is 2. The van der Waals surface area contributed by atoms with Crippen molar-refractivity contribution in [3.8, 4) is 6.07 Å². The fraction of sp³-hybridized carbons (Fsp3) is 0.375. The molecule has 0 radical (unpaired) electrons. The minimum atomic E-state index is -0.403. The van der Waals surface area contributed by atoms with Crippen molar-refractivity contribution in [3.63, 3.8) is 0 Å². The highest BCUT2D eigenvalue weighted by molar-refractivity contribution is 6.31. The average molecular weight is 180 g/mol. The Morgan fingerprint density at radius 2 is 2.33 bits per heavy atom. The third-order valence-electron chi connectivity index (χ3n) is 2.08. The molecule has 60 valence electrons. The number of halogens is 1. The molecule has 0 bridgehead atoms. The molecule has 1 aliphatic rings. The van der Waals surface area contributed by atoms with Crippen molar-refractivity contribution in [2.45, 2.75) is 18.3 Å². The van der Waals surface area contributed by atoms with E-state index in [0.29, 0.717) is 10.7 Å². The summed E-state index contributed by atoms with van der Waals surface area (Å²) < 4.78 is 0. The smallest absolute Gasteiger partial charge is 0.115 e. The van der Waals surface area contributed by atoms with Crippen molar-refractivity contribution in [2.75, 3.05) is 0 Å². The van der Waals surface area contributed by atoms with Gasteiger partial charge in [-0.25, -0.2) is 9.97 Å². The summed E-state index contributed by atoms with van der Waals surface area (Å²) in [6, 6.07) is 2.23. The lowest BCUT2D eigenvalue weighted by Crippen LogP contribution is -2.06. The molecule has 0 aromatic carbocycles. The third-order valence-corrected chi connectivity index (χ3v) is 2.36. The largest absolute Gasteiger partial charge is 0.243 e. The first-order valence-electron chi connectivity index (χ1n) is 3.66. The number of hydrogen-bond acceptors (Lipinski definition) is 3. The Hall–Kier alpha value is -1.14. The van der Waals surface area contributed by atoms with E-state index in [4.69, 9.17) is 16.9 Å². The Labute approximate surface area is 75.0 Å². The summed E-state index contributed by atoms with van der Waals surface area (Å²) in [5.74, 6) is 0. The SMILES string of the molecule is N#CC1(c2ncncc2Cl)CC1. The van der Waals surface area contributed by atoms with Crippen LogP contribution in [0.3, 0.4) is 0 Å². The summed E-state index contributed by atoms with van der Waals surface area (Å²) >= 11 is 5.85. The molecule has 0 unspecified atom stereocenters. The maximum atomic E-state index is 8.87. The van der Waals surface area contributed by atoms with Crippen LogP contribution < -0.4 is 0 Å². The molecule has 0 atom stereocenters. The summed E-state index contributed by atoms with van der Waals surface area (Å²) in [4.78, 5) is 7.79. The highest BCUT2D eigenvalue weighted by Gasteiger charge is 2.47. The van der Waals surface area contributed by atoms with Gasteiger partial charge in [0.2, 0.25) is 0 Å². The first-order chi connectivity index (χ1) is 5.78. The van der Waals surface area contributed by atoms with E-state index >= 15 is 0 Å². The van der Waals surface area contributed by atoms with Crippen LogP contribution in [-0.2, 0) is 5.41 Å². The van der Waals surface area contributed by atoms with Gasteiger partial charge < -0.3 is 0 Å². The van der Waals surface area contributed by atoms with Gasteiger partial charge in [0, 0.05) is 6.20 Å². The summed E-state index contributed by atoms with van der Waals surface area (Å²) in [6.07, 6.45) is 4.68. The van der Waals surface area contributed by atoms with Gasteiger partial charge in [0.05, 0.1) is 16.8 Å². The molecule has 0 N–H and O–H groups in total. The molecule has 1 aromatic rings. The van der Waals surface area contributed by atoms with Gasteiger partial charge in [0.15, 0.2) is 0 Å². The monoisotopic (exact) mass is 179 g/mol. The van der Waals surface area contributed by atoms with Crippen LogP contribution in [0.2, 0.25) is 5.02 Å². The third kappa shape index (κ3) is 0.961. The Balaban J connectivity index is 2.48. The molecular weight excluding hydrogens is 174 g/mol.